The van der Waals surface area contributed by atoms with Crippen molar-refractivity contribution in [3.8, 4) is 0 Å². The molecule has 0 fully saturated rings. The first-order valence-corrected chi connectivity index (χ1v) is 7.26. The standard InChI is InChI=1S/C16H32/c1-6-8-9-11-15(4)13-16(5)12-14(3)10-7-2/h14-15H,5-13H2,1-4H3. The summed E-state index contributed by atoms with van der Waals surface area (Å²) in [6, 6.07) is 0. The summed E-state index contributed by atoms with van der Waals surface area (Å²) in [6.07, 6.45) is 10.7. The second-order valence-corrected chi connectivity index (χ2v) is 5.65. The molecule has 0 amide bonds. The summed E-state index contributed by atoms with van der Waals surface area (Å²) in [4.78, 5) is 0. The monoisotopic (exact) mass is 224 g/mol. The Hall–Kier alpha value is -0.260. The third kappa shape index (κ3) is 9.00. The van der Waals surface area contributed by atoms with E-state index in [1.54, 1.807) is 0 Å². The minimum Gasteiger partial charge on any atom is -0.0998 e. The van der Waals surface area contributed by atoms with E-state index in [2.05, 4.69) is 34.3 Å². The summed E-state index contributed by atoms with van der Waals surface area (Å²) in [5.41, 5.74) is 1.48. The Bertz CT molecular complexity index is 169. The SMILES string of the molecule is C=C(CC(C)CCC)CC(C)CCCCC. The third-order valence-corrected chi connectivity index (χ3v) is 3.36. The fourth-order valence-electron chi connectivity index (χ4n) is 2.51. The molecule has 0 aromatic carbocycles. The fourth-order valence-corrected chi connectivity index (χ4v) is 2.51. The lowest BCUT2D eigenvalue weighted by atomic mass is 9.90. The van der Waals surface area contributed by atoms with E-state index in [0.717, 1.165) is 11.8 Å². The minimum absolute atomic E-state index is 0.834. The maximum Gasteiger partial charge on any atom is -0.0297 e. The molecule has 2 unspecified atom stereocenters. The van der Waals surface area contributed by atoms with Crippen LogP contribution in [-0.4, -0.2) is 0 Å². The molecule has 0 aromatic rings. The van der Waals surface area contributed by atoms with Gasteiger partial charge in [-0.05, 0) is 24.7 Å². The van der Waals surface area contributed by atoms with Gasteiger partial charge in [0.2, 0.25) is 0 Å². The van der Waals surface area contributed by atoms with Crippen LogP contribution in [0.1, 0.15) is 79.1 Å². The normalized spacial score (nSPS) is 14.8. The van der Waals surface area contributed by atoms with Crippen molar-refractivity contribution < 1.29 is 0 Å². The highest BCUT2D eigenvalue weighted by Gasteiger charge is 2.07. The molecule has 0 saturated heterocycles. The van der Waals surface area contributed by atoms with Crippen molar-refractivity contribution in [2.24, 2.45) is 11.8 Å². The summed E-state index contributed by atoms with van der Waals surface area (Å²) in [5, 5.41) is 0. The Kier molecular flexibility index (Phi) is 9.77. The number of hydrogen-bond donors (Lipinski definition) is 0. The smallest absolute Gasteiger partial charge is 0.0297 e. The number of hydrogen-bond acceptors (Lipinski definition) is 0. The van der Waals surface area contributed by atoms with Crippen LogP contribution in [0.5, 0.6) is 0 Å². The highest BCUT2D eigenvalue weighted by atomic mass is 14.1. The van der Waals surface area contributed by atoms with E-state index in [1.807, 2.05) is 0 Å². The average molecular weight is 224 g/mol. The Morgan fingerprint density at radius 1 is 0.875 bits per heavy atom. The summed E-state index contributed by atoms with van der Waals surface area (Å²) in [6.45, 7) is 13.5. The van der Waals surface area contributed by atoms with Gasteiger partial charge < -0.3 is 0 Å². The second-order valence-electron chi connectivity index (χ2n) is 5.65. The molecule has 0 heterocycles. The molecule has 2 atom stereocenters. The van der Waals surface area contributed by atoms with Gasteiger partial charge in [0.1, 0.15) is 0 Å². The van der Waals surface area contributed by atoms with Crippen LogP contribution >= 0.6 is 0 Å². The highest BCUT2D eigenvalue weighted by molar-refractivity contribution is 4.96. The van der Waals surface area contributed by atoms with Crippen molar-refractivity contribution in [3.63, 3.8) is 0 Å². The fraction of sp³-hybridized carbons (Fsp3) is 0.875. The lowest BCUT2D eigenvalue weighted by Gasteiger charge is -2.16. The second kappa shape index (κ2) is 9.93. The van der Waals surface area contributed by atoms with Gasteiger partial charge in [0, 0.05) is 0 Å². The van der Waals surface area contributed by atoms with Crippen LogP contribution in [0, 0.1) is 11.8 Å². The molecule has 0 aliphatic carbocycles. The summed E-state index contributed by atoms with van der Waals surface area (Å²) < 4.78 is 0. The molecular formula is C16H32. The van der Waals surface area contributed by atoms with E-state index in [1.165, 1.54) is 56.9 Å². The Balaban J connectivity index is 3.61. The van der Waals surface area contributed by atoms with E-state index < -0.39 is 0 Å². The molecule has 96 valence electrons. The van der Waals surface area contributed by atoms with Crippen molar-refractivity contribution in [1.82, 2.24) is 0 Å². The first-order valence-electron chi connectivity index (χ1n) is 7.26. The van der Waals surface area contributed by atoms with Crippen molar-refractivity contribution in [3.05, 3.63) is 12.2 Å². The zero-order valence-corrected chi connectivity index (χ0v) is 12.0. The lowest BCUT2D eigenvalue weighted by molar-refractivity contribution is 0.459. The molecule has 0 heteroatoms. The molecule has 0 spiro atoms. The number of allylic oxidation sites excluding steroid dienone is 1. The molecule has 0 radical (unpaired) electrons. The molecular weight excluding hydrogens is 192 g/mol. The minimum atomic E-state index is 0.834. The first-order chi connectivity index (χ1) is 7.60. The van der Waals surface area contributed by atoms with Gasteiger partial charge in [0.05, 0.1) is 0 Å². The quantitative estimate of drug-likeness (QED) is 0.316. The van der Waals surface area contributed by atoms with Gasteiger partial charge in [-0.1, -0.05) is 78.4 Å². The van der Waals surface area contributed by atoms with E-state index in [4.69, 9.17) is 0 Å². The van der Waals surface area contributed by atoms with Gasteiger partial charge in [-0.25, -0.2) is 0 Å². The Morgan fingerprint density at radius 2 is 1.44 bits per heavy atom. The zero-order valence-electron chi connectivity index (χ0n) is 12.0. The maximum absolute atomic E-state index is 4.25. The average Bonchev–Trinajstić information content (AvgIpc) is 2.17. The van der Waals surface area contributed by atoms with Crippen molar-refractivity contribution >= 4 is 0 Å². The van der Waals surface area contributed by atoms with Crippen LogP contribution in [0.25, 0.3) is 0 Å². The van der Waals surface area contributed by atoms with Crippen LogP contribution in [0.4, 0.5) is 0 Å². The molecule has 0 saturated carbocycles. The predicted octanol–water partition coefficient (Wildman–Crippen LogP) is 5.98. The summed E-state index contributed by atoms with van der Waals surface area (Å²) >= 11 is 0. The molecule has 16 heavy (non-hydrogen) atoms. The summed E-state index contributed by atoms with van der Waals surface area (Å²) in [5.74, 6) is 1.67. The van der Waals surface area contributed by atoms with Crippen LogP contribution in [0.3, 0.4) is 0 Å². The topological polar surface area (TPSA) is 0 Å². The van der Waals surface area contributed by atoms with Crippen LogP contribution in [-0.2, 0) is 0 Å². The molecule has 0 aliphatic heterocycles. The molecule has 0 rings (SSSR count). The number of rotatable bonds is 10. The lowest BCUT2D eigenvalue weighted by Crippen LogP contribution is -2.01. The Labute approximate surface area is 104 Å². The molecule has 0 bridgehead atoms. The molecule has 0 nitrogen and oxygen atoms in total. The Morgan fingerprint density at radius 3 is 1.94 bits per heavy atom. The van der Waals surface area contributed by atoms with Crippen LogP contribution < -0.4 is 0 Å². The van der Waals surface area contributed by atoms with Gasteiger partial charge in [-0.15, -0.1) is 0 Å². The molecule has 0 N–H and O–H groups in total. The van der Waals surface area contributed by atoms with Crippen LogP contribution in [0.15, 0.2) is 12.2 Å². The van der Waals surface area contributed by atoms with Gasteiger partial charge in [0.25, 0.3) is 0 Å². The third-order valence-electron chi connectivity index (χ3n) is 3.36. The largest absolute Gasteiger partial charge is 0.0998 e. The van der Waals surface area contributed by atoms with Crippen LogP contribution in [0.2, 0.25) is 0 Å². The van der Waals surface area contributed by atoms with E-state index >= 15 is 0 Å². The van der Waals surface area contributed by atoms with E-state index in [-0.39, 0.29) is 0 Å². The van der Waals surface area contributed by atoms with Crippen molar-refractivity contribution in [2.75, 3.05) is 0 Å². The van der Waals surface area contributed by atoms with E-state index in [0.29, 0.717) is 0 Å². The summed E-state index contributed by atoms with van der Waals surface area (Å²) in [7, 11) is 0. The maximum atomic E-state index is 4.25. The molecule has 0 aromatic heterocycles. The van der Waals surface area contributed by atoms with Crippen molar-refractivity contribution in [1.29, 1.82) is 0 Å². The van der Waals surface area contributed by atoms with E-state index in [9.17, 15) is 0 Å². The number of unbranched alkanes of at least 4 members (excludes halogenated alkanes) is 2. The predicted molar refractivity (Wildman–Crippen MR) is 75.8 cm³/mol. The highest BCUT2D eigenvalue weighted by Crippen LogP contribution is 2.23. The molecule has 0 aliphatic rings. The van der Waals surface area contributed by atoms with Crippen molar-refractivity contribution in [2.45, 2.75) is 79.1 Å². The van der Waals surface area contributed by atoms with Gasteiger partial charge in [0.15, 0.2) is 0 Å². The van der Waals surface area contributed by atoms with Gasteiger partial charge >= 0.3 is 0 Å². The van der Waals surface area contributed by atoms with Gasteiger partial charge in [-0.2, -0.15) is 0 Å². The van der Waals surface area contributed by atoms with Gasteiger partial charge in [-0.3, -0.25) is 0 Å². The zero-order chi connectivity index (χ0) is 12.4. The first kappa shape index (κ1) is 15.7.